The zero-order valence-corrected chi connectivity index (χ0v) is 24.7. The summed E-state index contributed by atoms with van der Waals surface area (Å²) in [5.74, 6) is 1.31. The second-order valence-corrected chi connectivity index (χ2v) is 14.1. The second kappa shape index (κ2) is 9.99. The van der Waals surface area contributed by atoms with E-state index >= 15 is 0 Å². The topological polar surface area (TPSA) is 106 Å². The van der Waals surface area contributed by atoms with Crippen LogP contribution in [0.3, 0.4) is 0 Å². The summed E-state index contributed by atoms with van der Waals surface area (Å²) in [6.45, 7) is 13.4. The Bertz CT molecular complexity index is 1200. The van der Waals surface area contributed by atoms with Crippen LogP contribution in [0.5, 0.6) is 11.5 Å². The standard InChI is InChI=1S/2C17H23NO2/c2*1-16(2)12-8-9-17(16,3)15(20)14(12)18-10-11-6-4-5-7-13(11)19/h2*4-7,10,12,14-15,19-20H,8-9H2,1-3H3/t2*12-,14-,15-,17+/m11/s1. The van der Waals surface area contributed by atoms with Gasteiger partial charge in [0.15, 0.2) is 0 Å². The lowest BCUT2D eigenvalue weighted by Crippen LogP contribution is -2.39. The Morgan fingerprint density at radius 1 is 0.625 bits per heavy atom. The molecule has 2 aromatic carbocycles. The number of fused-ring (bicyclic) bond motifs is 4. The van der Waals surface area contributed by atoms with E-state index in [-0.39, 0.29) is 45.2 Å². The maximum atomic E-state index is 10.6. The Labute approximate surface area is 238 Å². The van der Waals surface area contributed by atoms with Gasteiger partial charge in [-0.1, -0.05) is 65.8 Å². The summed E-state index contributed by atoms with van der Waals surface area (Å²) in [6.07, 6.45) is 7.05. The van der Waals surface area contributed by atoms with Crippen LogP contribution in [0.15, 0.2) is 58.5 Å². The molecule has 4 N–H and O–H groups in total. The van der Waals surface area contributed by atoms with Gasteiger partial charge in [0.05, 0.1) is 24.3 Å². The number of rotatable bonds is 4. The highest BCUT2D eigenvalue weighted by molar-refractivity contribution is 5.84. The van der Waals surface area contributed by atoms with E-state index < -0.39 is 12.2 Å². The SMILES string of the molecule is CC1(C)[C@@H]2CC[C@@]1(C)[C@H](O)[C@@H]2N=Cc1ccccc1O.CC1(C)[C@@H]2CC[C@@]1(C)[C@H](O)[C@@H]2N=Cc1ccccc1O. The molecule has 0 unspecified atom stereocenters. The summed E-state index contributed by atoms with van der Waals surface area (Å²) in [6, 6.07) is 14.2. The first kappa shape index (κ1) is 28.8. The predicted octanol–water partition coefficient (Wildman–Crippen LogP) is 5.99. The van der Waals surface area contributed by atoms with Crippen LogP contribution in [0.1, 0.15) is 78.4 Å². The molecule has 6 nitrogen and oxygen atoms in total. The lowest BCUT2D eigenvalue weighted by Gasteiger charge is -2.36. The maximum absolute atomic E-state index is 10.6. The first-order valence-electron chi connectivity index (χ1n) is 14.7. The highest BCUT2D eigenvalue weighted by atomic mass is 16.3. The molecule has 4 bridgehead atoms. The van der Waals surface area contributed by atoms with Crippen LogP contribution in [-0.2, 0) is 0 Å². The van der Waals surface area contributed by atoms with Crippen LogP contribution < -0.4 is 0 Å². The van der Waals surface area contributed by atoms with Crippen LogP contribution in [0, 0.1) is 33.5 Å². The van der Waals surface area contributed by atoms with E-state index in [0.717, 1.165) is 25.7 Å². The fourth-order valence-corrected chi connectivity index (χ4v) is 8.47. The van der Waals surface area contributed by atoms with Crippen molar-refractivity contribution < 1.29 is 20.4 Å². The molecule has 40 heavy (non-hydrogen) atoms. The molecule has 0 aromatic heterocycles. The number of aromatic hydroxyl groups is 2. The summed E-state index contributed by atoms with van der Waals surface area (Å²) in [5.41, 5.74) is 1.58. The van der Waals surface area contributed by atoms with Gasteiger partial charge in [-0.05, 0) is 72.6 Å². The van der Waals surface area contributed by atoms with E-state index in [1.165, 1.54) is 0 Å². The lowest BCUT2D eigenvalue weighted by atomic mass is 9.70. The fourth-order valence-electron chi connectivity index (χ4n) is 8.47. The van der Waals surface area contributed by atoms with Gasteiger partial charge in [0, 0.05) is 34.4 Å². The van der Waals surface area contributed by atoms with Gasteiger partial charge in [0.2, 0.25) is 0 Å². The normalized spacial score (nSPS) is 38.7. The Balaban J connectivity index is 0.000000161. The molecule has 2 aromatic rings. The van der Waals surface area contributed by atoms with Gasteiger partial charge in [-0.2, -0.15) is 0 Å². The molecule has 216 valence electrons. The summed E-state index contributed by atoms with van der Waals surface area (Å²) in [4.78, 5) is 9.25. The Morgan fingerprint density at radius 3 is 1.27 bits per heavy atom. The molecule has 4 aliphatic rings. The summed E-state index contributed by atoms with van der Waals surface area (Å²) >= 11 is 0. The van der Waals surface area contributed by atoms with E-state index in [0.29, 0.717) is 23.0 Å². The van der Waals surface area contributed by atoms with Crippen molar-refractivity contribution in [3.05, 3.63) is 59.7 Å². The fraction of sp³-hybridized carbons (Fsp3) is 0.588. The number of nitrogens with zero attached hydrogens (tertiary/aromatic N) is 2. The third kappa shape index (κ3) is 4.21. The number of aliphatic hydroxyl groups is 2. The average molecular weight is 547 g/mol. The van der Waals surface area contributed by atoms with Gasteiger partial charge in [0.1, 0.15) is 11.5 Å². The van der Waals surface area contributed by atoms with Crippen LogP contribution in [0.4, 0.5) is 0 Å². The number of phenols is 2. The number of aliphatic imine (C=N–C) groups is 2. The van der Waals surface area contributed by atoms with Crippen molar-refractivity contribution in [1.82, 2.24) is 0 Å². The average Bonchev–Trinajstić information content (AvgIpc) is 3.40. The van der Waals surface area contributed by atoms with Crippen molar-refractivity contribution in [3.63, 3.8) is 0 Å². The predicted molar refractivity (Wildman–Crippen MR) is 160 cm³/mol. The maximum Gasteiger partial charge on any atom is 0.124 e. The lowest BCUT2D eigenvalue weighted by molar-refractivity contribution is 0.00614. The van der Waals surface area contributed by atoms with Gasteiger partial charge in [-0.3, -0.25) is 9.98 Å². The third-order valence-electron chi connectivity index (χ3n) is 12.2. The summed E-state index contributed by atoms with van der Waals surface area (Å²) < 4.78 is 0. The minimum absolute atomic E-state index is 0.0432. The third-order valence-corrected chi connectivity index (χ3v) is 12.2. The number of hydrogen-bond acceptors (Lipinski definition) is 6. The molecule has 4 saturated carbocycles. The number of benzene rings is 2. The van der Waals surface area contributed by atoms with Gasteiger partial charge < -0.3 is 20.4 Å². The van der Waals surface area contributed by atoms with E-state index in [4.69, 9.17) is 0 Å². The van der Waals surface area contributed by atoms with Gasteiger partial charge in [-0.15, -0.1) is 0 Å². The van der Waals surface area contributed by atoms with E-state index in [1.54, 1.807) is 36.7 Å². The van der Waals surface area contributed by atoms with Crippen LogP contribution in [0.2, 0.25) is 0 Å². The van der Waals surface area contributed by atoms with Crippen LogP contribution >= 0.6 is 0 Å². The van der Waals surface area contributed by atoms with Crippen molar-refractivity contribution >= 4 is 12.4 Å². The Hall–Kier alpha value is -2.70. The minimum Gasteiger partial charge on any atom is -0.507 e. The number of para-hydroxylation sites is 2. The quantitative estimate of drug-likeness (QED) is 0.353. The molecule has 0 heterocycles. The van der Waals surface area contributed by atoms with Crippen LogP contribution in [-0.4, -0.2) is 57.1 Å². The van der Waals surface area contributed by atoms with Crippen molar-refractivity contribution in [2.45, 2.75) is 91.5 Å². The zero-order chi connectivity index (χ0) is 29.1. The molecule has 0 amide bonds. The minimum atomic E-state index is -0.390. The number of hydrogen-bond donors (Lipinski definition) is 4. The van der Waals surface area contributed by atoms with Crippen molar-refractivity contribution in [2.75, 3.05) is 0 Å². The van der Waals surface area contributed by atoms with Gasteiger partial charge in [-0.25, -0.2) is 0 Å². The molecule has 0 radical (unpaired) electrons. The Kier molecular flexibility index (Phi) is 7.19. The van der Waals surface area contributed by atoms with Gasteiger partial charge in [0.25, 0.3) is 0 Å². The molecule has 4 aliphatic carbocycles. The monoisotopic (exact) mass is 546 g/mol. The largest absolute Gasteiger partial charge is 0.507 e. The van der Waals surface area contributed by atoms with Crippen molar-refractivity contribution in [2.24, 2.45) is 43.5 Å². The summed E-state index contributed by atoms with van der Waals surface area (Å²) in [5, 5.41) is 40.9. The molecule has 0 saturated heterocycles. The van der Waals surface area contributed by atoms with Crippen molar-refractivity contribution in [3.8, 4) is 11.5 Å². The summed E-state index contributed by atoms with van der Waals surface area (Å²) in [7, 11) is 0. The second-order valence-electron chi connectivity index (χ2n) is 14.1. The number of phenolic OH excluding ortho intramolecular Hbond substituents is 2. The highest BCUT2D eigenvalue weighted by Gasteiger charge is 2.67. The van der Waals surface area contributed by atoms with Crippen molar-refractivity contribution in [1.29, 1.82) is 0 Å². The first-order chi connectivity index (χ1) is 18.8. The molecule has 0 spiro atoms. The zero-order valence-electron chi connectivity index (χ0n) is 24.7. The smallest absolute Gasteiger partial charge is 0.124 e. The molecule has 4 fully saturated rings. The highest BCUT2D eigenvalue weighted by Crippen LogP contribution is 2.67. The molecule has 6 heteroatoms. The van der Waals surface area contributed by atoms with Gasteiger partial charge >= 0.3 is 0 Å². The number of aliphatic hydroxyl groups excluding tert-OH is 2. The van der Waals surface area contributed by atoms with Crippen LogP contribution in [0.25, 0.3) is 0 Å². The molecule has 8 atom stereocenters. The molecular weight excluding hydrogens is 500 g/mol. The van der Waals surface area contributed by atoms with E-state index in [9.17, 15) is 20.4 Å². The van der Waals surface area contributed by atoms with E-state index in [2.05, 4.69) is 51.5 Å². The molecule has 6 rings (SSSR count). The molecular formula is C34H46N2O4. The first-order valence-corrected chi connectivity index (χ1v) is 14.7. The Morgan fingerprint density at radius 2 is 0.975 bits per heavy atom. The molecule has 0 aliphatic heterocycles. The van der Waals surface area contributed by atoms with E-state index in [1.807, 2.05) is 24.3 Å².